The normalized spacial score (nSPS) is 10.6. The van der Waals surface area contributed by atoms with Gasteiger partial charge in [-0.1, -0.05) is 0 Å². The van der Waals surface area contributed by atoms with Gasteiger partial charge in [0.1, 0.15) is 17.2 Å². The molecule has 1 aromatic heterocycles. The fraction of sp³-hybridized carbons (Fsp3) is 0.143. The number of benzene rings is 2. The maximum absolute atomic E-state index is 5.81. The number of hydrogen-bond acceptors (Lipinski definition) is 7. The summed E-state index contributed by atoms with van der Waals surface area (Å²) in [6.45, 7) is 0. The average Bonchev–Trinajstić information content (AvgIpc) is 3.00. The van der Waals surface area contributed by atoms with Crippen LogP contribution in [0.3, 0.4) is 0 Å². The van der Waals surface area contributed by atoms with Gasteiger partial charge in [-0.3, -0.25) is 0 Å². The molecule has 0 unspecified atom stereocenters. The maximum atomic E-state index is 5.81. The zero-order valence-electron chi connectivity index (χ0n) is 11.5. The summed E-state index contributed by atoms with van der Waals surface area (Å²) >= 11 is 0. The Morgan fingerprint density at radius 2 is 1.52 bits per heavy atom. The van der Waals surface area contributed by atoms with Gasteiger partial charge in [0.05, 0.1) is 19.9 Å². The second-order valence-electron chi connectivity index (χ2n) is 4.26. The molecule has 2 aromatic carbocycles. The second kappa shape index (κ2) is 5.20. The molecule has 0 amide bonds. The summed E-state index contributed by atoms with van der Waals surface area (Å²) in [4.78, 5) is 0. The first-order chi connectivity index (χ1) is 10.2. The van der Waals surface area contributed by atoms with Crippen molar-refractivity contribution in [2.24, 2.45) is 0 Å². The van der Waals surface area contributed by atoms with Crippen molar-refractivity contribution in [1.82, 2.24) is 10.3 Å². The highest BCUT2D eigenvalue weighted by Gasteiger charge is 2.13. The minimum Gasteiger partial charge on any atom is -0.496 e. The molecule has 0 saturated heterocycles. The number of hydrogen-bond donors (Lipinski definition) is 1. The Labute approximate surface area is 120 Å². The quantitative estimate of drug-likeness (QED) is 0.737. The van der Waals surface area contributed by atoms with Gasteiger partial charge in [-0.05, 0) is 22.4 Å². The molecule has 0 spiro atoms. The molecule has 21 heavy (non-hydrogen) atoms. The number of fused-ring (bicyclic) bond motifs is 1. The average molecular weight is 287 g/mol. The van der Waals surface area contributed by atoms with Gasteiger partial charge in [0.15, 0.2) is 16.8 Å². The summed E-state index contributed by atoms with van der Waals surface area (Å²) in [5.74, 6) is 2.26. The van der Waals surface area contributed by atoms with Crippen LogP contribution >= 0.6 is 0 Å². The summed E-state index contributed by atoms with van der Waals surface area (Å²) in [7, 11) is 3.14. The third-order valence-electron chi connectivity index (χ3n) is 2.96. The van der Waals surface area contributed by atoms with Crippen LogP contribution in [-0.2, 0) is 0 Å². The van der Waals surface area contributed by atoms with Gasteiger partial charge in [0.2, 0.25) is 0 Å². The third kappa shape index (κ3) is 2.40. The highest BCUT2D eigenvalue weighted by molar-refractivity contribution is 5.90. The lowest BCUT2D eigenvalue weighted by Gasteiger charge is -2.10. The number of anilines is 1. The number of nitrogens with zero attached hydrogens (tertiary/aromatic N) is 2. The molecule has 108 valence electrons. The third-order valence-corrected chi connectivity index (χ3v) is 2.96. The van der Waals surface area contributed by atoms with Crippen molar-refractivity contribution in [1.29, 1.82) is 0 Å². The number of ether oxygens (including phenoxy) is 3. The van der Waals surface area contributed by atoms with Gasteiger partial charge in [0.25, 0.3) is 0 Å². The number of nitrogen functional groups attached to an aromatic ring is 1. The van der Waals surface area contributed by atoms with Gasteiger partial charge >= 0.3 is 0 Å². The zero-order chi connectivity index (χ0) is 14.8. The fourth-order valence-corrected chi connectivity index (χ4v) is 1.91. The Balaban J connectivity index is 2.02. The van der Waals surface area contributed by atoms with E-state index < -0.39 is 0 Å². The highest BCUT2D eigenvalue weighted by Crippen LogP contribution is 2.34. The molecule has 0 aliphatic rings. The van der Waals surface area contributed by atoms with Gasteiger partial charge in [-0.25, -0.2) is 4.63 Å². The fourth-order valence-electron chi connectivity index (χ4n) is 1.91. The summed E-state index contributed by atoms with van der Waals surface area (Å²) in [5, 5.41) is 7.55. The maximum Gasteiger partial charge on any atom is 0.179 e. The lowest BCUT2D eigenvalue weighted by Crippen LogP contribution is -1.92. The Bertz CT molecular complexity index is 763. The highest BCUT2D eigenvalue weighted by atomic mass is 16.6. The SMILES string of the molecule is COc1cc(OC)cc(Oc2ccc(N)c3nonc23)c1. The molecule has 3 rings (SSSR count). The van der Waals surface area contributed by atoms with E-state index in [9.17, 15) is 0 Å². The predicted octanol–water partition coefficient (Wildman–Crippen LogP) is 2.61. The molecule has 0 saturated carbocycles. The number of rotatable bonds is 4. The van der Waals surface area contributed by atoms with Crippen LogP contribution in [0.1, 0.15) is 0 Å². The van der Waals surface area contributed by atoms with E-state index in [4.69, 9.17) is 24.6 Å². The van der Waals surface area contributed by atoms with Crippen LogP contribution in [0.5, 0.6) is 23.0 Å². The van der Waals surface area contributed by atoms with Crippen LogP contribution in [0.2, 0.25) is 0 Å². The number of aromatic nitrogens is 2. The van der Waals surface area contributed by atoms with Crippen molar-refractivity contribution in [3.05, 3.63) is 30.3 Å². The standard InChI is InChI=1S/C14H13N3O4/c1-18-8-5-9(19-2)7-10(6-8)20-12-4-3-11(15)13-14(12)17-21-16-13/h3-7H,15H2,1-2H3. The first kappa shape index (κ1) is 13.0. The van der Waals surface area contributed by atoms with Crippen LogP contribution in [-0.4, -0.2) is 24.5 Å². The van der Waals surface area contributed by atoms with Crippen molar-refractivity contribution in [2.75, 3.05) is 20.0 Å². The molecule has 0 atom stereocenters. The van der Waals surface area contributed by atoms with Crippen molar-refractivity contribution in [3.63, 3.8) is 0 Å². The molecule has 0 fully saturated rings. The van der Waals surface area contributed by atoms with E-state index in [2.05, 4.69) is 10.3 Å². The summed E-state index contributed by atoms with van der Waals surface area (Å²) in [6.07, 6.45) is 0. The molecule has 1 heterocycles. The first-order valence-corrected chi connectivity index (χ1v) is 6.13. The summed E-state index contributed by atoms with van der Waals surface area (Å²) in [6, 6.07) is 8.60. The molecular formula is C14H13N3O4. The molecule has 0 aliphatic carbocycles. The Morgan fingerprint density at radius 3 is 2.19 bits per heavy atom. The predicted molar refractivity (Wildman–Crippen MR) is 75.8 cm³/mol. The second-order valence-corrected chi connectivity index (χ2v) is 4.26. The lowest BCUT2D eigenvalue weighted by atomic mass is 10.2. The van der Waals surface area contributed by atoms with Crippen molar-refractivity contribution < 1.29 is 18.8 Å². The van der Waals surface area contributed by atoms with E-state index >= 15 is 0 Å². The molecule has 7 nitrogen and oxygen atoms in total. The smallest absolute Gasteiger partial charge is 0.179 e. The van der Waals surface area contributed by atoms with Crippen LogP contribution in [0.4, 0.5) is 5.69 Å². The van der Waals surface area contributed by atoms with Crippen molar-refractivity contribution in [3.8, 4) is 23.0 Å². The van der Waals surface area contributed by atoms with Crippen molar-refractivity contribution in [2.45, 2.75) is 0 Å². The molecule has 0 aliphatic heterocycles. The monoisotopic (exact) mass is 287 g/mol. The van der Waals surface area contributed by atoms with Gasteiger partial charge in [-0.15, -0.1) is 0 Å². The summed E-state index contributed by atoms with van der Waals surface area (Å²) in [5.41, 5.74) is 7.19. The Morgan fingerprint density at radius 1 is 0.905 bits per heavy atom. The van der Waals surface area contributed by atoms with Gasteiger partial charge < -0.3 is 19.9 Å². The van der Waals surface area contributed by atoms with Gasteiger partial charge in [-0.2, -0.15) is 0 Å². The van der Waals surface area contributed by atoms with Crippen LogP contribution in [0.15, 0.2) is 35.0 Å². The van der Waals surface area contributed by atoms with E-state index in [1.807, 2.05) is 0 Å². The first-order valence-electron chi connectivity index (χ1n) is 6.13. The van der Waals surface area contributed by atoms with E-state index in [1.165, 1.54) is 0 Å². The Kier molecular flexibility index (Phi) is 3.23. The van der Waals surface area contributed by atoms with Crippen LogP contribution < -0.4 is 19.9 Å². The molecule has 3 aromatic rings. The zero-order valence-corrected chi connectivity index (χ0v) is 11.5. The molecule has 2 N–H and O–H groups in total. The minimum atomic E-state index is 0.455. The minimum absolute atomic E-state index is 0.455. The number of methoxy groups -OCH3 is 2. The molecular weight excluding hydrogens is 274 g/mol. The van der Waals surface area contributed by atoms with Gasteiger partial charge in [0, 0.05) is 18.2 Å². The van der Waals surface area contributed by atoms with Crippen LogP contribution in [0, 0.1) is 0 Å². The molecule has 7 heteroatoms. The molecule has 0 radical (unpaired) electrons. The van der Waals surface area contributed by atoms with E-state index in [0.717, 1.165) is 0 Å². The van der Waals surface area contributed by atoms with Crippen LogP contribution in [0.25, 0.3) is 11.0 Å². The van der Waals surface area contributed by atoms with Crippen molar-refractivity contribution >= 4 is 16.7 Å². The lowest BCUT2D eigenvalue weighted by molar-refractivity contribution is 0.314. The number of nitrogens with two attached hydrogens (primary N) is 1. The van der Waals surface area contributed by atoms with E-state index in [1.54, 1.807) is 44.6 Å². The summed E-state index contributed by atoms with van der Waals surface area (Å²) < 4.78 is 20.9. The Hall–Kier alpha value is -2.96. The molecule has 0 bridgehead atoms. The van der Waals surface area contributed by atoms with E-state index in [0.29, 0.717) is 39.7 Å². The topological polar surface area (TPSA) is 92.6 Å². The largest absolute Gasteiger partial charge is 0.496 e. The van der Waals surface area contributed by atoms with E-state index in [-0.39, 0.29) is 0 Å².